The number of aromatic nitrogens is 2. The van der Waals surface area contributed by atoms with Gasteiger partial charge >= 0.3 is 0 Å². The molecule has 0 aliphatic carbocycles. The van der Waals surface area contributed by atoms with E-state index in [0.29, 0.717) is 23.0 Å². The second-order valence-corrected chi connectivity index (χ2v) is 5.14. The van der Waals surface area contributed by atoms with Gasteiger partial charge in [-0.1, -0.05) is 17.4 Å². The van der Waals surface area contributed by atoms with Crippen LogP contribution in [0.5, 0.6) is 5.75 Å². The lowest BCUT2D eigenvalue weighted by molar-refractivity contribution is 0.102. The number of aryl methyl sites for hydroxylation is 1. The molecule has 0 atom stereocenters. The zero-order valence-electron chi connectivity index (χ0n) is 11.1. The van der Waals surface area contributed by atoms with Gasteiger partial charge in [-0.15, -0.1) is 10.2 Å². The molecule has 0 bridgehead atoms. The van der Waals surface area contributed by atoms with Gasteiger partial charge in [0.2, 0.25) is 5.13 Å². The first-order valence-corrected chi connectivity index (χ1v) is 7.02. The summed E-state index contributed by atoms with van der Waals surface area (Å²) < 4.78 is 5.09. The summed E-state index contributed by atoms with van der Waals surface area (Å²) in [7, 11) is 1.56. The van der Waals surface area contributed by atoms with Crippen LogP contribution in [0.4, 0.5) is 5.13 Å². The van der Waals surface area contributed by atoms with Gasteiger partial charge in [-0.3, -0.25) is 10.1 Å². The van der Waals surface area contributed by atoms with Crippen molar-refractivity contribution in [3.8, 4) is 5.75 Å². The molecule has 0 aliphatic rings. The Morgan fingerprint density at radius 3 is 3.05 bits per heavy atom. The first kappa shape index (κ1) is 14.4. The lowest BCUT2D eigenvalue weighted by Crippen LogP contribution is -2.11. The number of carbonyl (C=O) groups is 1. The van der Waals surface area contributed by atoms with Crippen molar-refractivity contribution in [2.24, 2.45) is 5.73 Å². The van der Waals surface area contributed by atoms with Crippen LogP contribution < -0.4 is 15.8 Å². The normalized spacial score (nSPS) is 10.3. The number of carbonyl (C=O) groups excluding carboxylic acids is 1. The Morgan fingerprint density at radius 2 is 2.30 bits per heavy atom. The Kier molecular flexibility index (Phi) is 5.03. The number of methoxy groups -OCH3 is 1. The molecule has 0 spiro atoms. The van der Waals surface area contributed by atoms with Crippen molar-refractivity contribution in [1.82, 2.24) is 10.2 Å². The van der Waals surface area contributed by atoms with Gasteiger partial charge in [-0.05, 0) is 31.2 Å². The lowest BCUT2D eigenvalue weighted by atomic mass is 10.2. The summed E-state index contributed by atoms with van der Waals surface area (Å²) in [5.41, 5.74) is 5.96. The minimum Gasteiger partial charge on any atom is -0.497 e. The quantitative estimate of drug-likeness (QED) is 0.845. The second-order valence-electron chi connectivity index (χ2n) is 4.08. The molecule has 1 heterocycles. The van der Waals surface area contributed by atoms with Crippen LogP contribution in [0, 0.1) is 0 Å². The van der Waals surface area contributed by atoms with E-state index in [1.54, 1.807) is 31.4 Å². The van der Waals surface area contributed by atoms with Gasteiger partial charge in [0.15, 0.2) is 0 Å². The highest BCUT2D eigenvalue weighted by Gasteiger charge is 2.10. The molecule has 0 radical (unpaired) electrons. The van der Waals surface area contributed by atoms with Gasteiger partial charge in [-0.2, -0.15) is 0 Å². The molecule has 1 aromatic carbocycles. The number of anilines is 1. The molecule has 0 saturated carbocycles. The van der Waals surface area contributed by atoms with Crippen molar-refractivity contribution in [3.05, 3.63) is 34.8 Å². The van der Waals surface area contributed by atoms with Gasteiger partial charge in [0, 0.05) is 12.0 Å². The van der Waals surface area contributed by atoms with Crippen molar-refractivity contribution in [1.29, 1.82) is 0 Å². The summed E-state index contributed by atoms with van der Waals surface area (Å²) in [6.07, 6.45) is 1.64. The van der Waals surface area contributed by atoms with Gasteiger partial charge in [0.05, 0.1) is 7.11 Å². The van der Waals surface area contributed by atoms with Crippen molar-refractivity contribution in [2.45, 2.75) is 12.8 Å². The van der Waals surface area contributed by atoms with E-state index in [4.69, 9.17) is 10.5 Å². The highest BCUT2D eigenvalue weighted by Crippen LogP contribution is 2.18. The van der Waals surface area contributed by atoms with Crippen molar-refractivity contribution in [3.63, 3.8) is 0 Å². The number of nitrogens with one attached hydrogen (secondary N) is 1. The molecular formula is C13H16N4O2S. The molecule has 7 heteroatoms. The SMILES string of the molecule is COc1cccc(C(=O)Nc2nnc(CCCN)s2)c1. The van der Waals surface area contributed by atoms with E-state index in [1.807, 2.05) is 0 Å². The van der Waals surface area contributed by atoms with E-state index in [-0.39, 0.29) is 5.91 Å². The molecular weight excluding hydrogens is 276 g/mol. The summed E-state index contributed by atoms with van der Waals surface area (Å²) >= 11 is 1.36. The Morgan fingerprint density at radius 1 is 1.45 bits per heavy atom. The van der Waals surface area contributed by atoms with Crippen molar-refractivity contribution in [2.75, 3.05) is 19.0 Å². The number of ether oxygens (including phenoxy) is 1. The topological polar surface area (TPSA) is 90.1 Å². The summed E-state index contributed by atoms with van der Waals surface area (Å²) in [5.74, 6) is 0.406. The minimum absolute atomic E-state index is 0.231. The first-order chi connectivity index (χ1) is 9.72. The zero-order chi connectivity index (χ0) is 14.4. The average Bonchev–Trinajstić information content (AvgIpc) is 2.92. The zero-order valence-corrected chi connectivity index (χ0v) is 11.9. The maximum atomic E-state index is 12.1. The summed E-state index contributed by atoms with van der Waals surface area (Å²) in [4.78, 5) is 12.1. The van der Waals surface area contributed by atoms with Crippen LogP contribution in [0.3, 0.4) is 0 Å². The second kappa shape index (κ2) is 6.97. The largest absolute Gasteiger partial charge is 0.497 e. The van der Waals surface area contributed by atoms with E-state index in [9.17, 15) is 4.79 Å². The number of rotatable bonds is 6. The van der Waals surface area contributed by atoms with Gasteiger partial charge in [0.25, 0.3) is 5.91 Å². The number of hydrogen-bond acceptors (Lipinski definition) is 6. The number of benzene rings is 1. The third-order valence-corrected chi connectivity index (χ3v) is 3.51. The highest BCUT2D eigenvalue weighted by molar-refractivity contribution is 7.15. The van der Waals surface area contributed by atoms with Crippen LogP contribution >= 0.6 is 11.3 Å². The van der Waals surface area contributed by atoms with E-state index < -0.39 is 0 Å². The Labute approximate surface area is 121 Å². The summed E-state index contributed by atoms with van der Waals surface area (Å²) in [6, 6.07) is 6.94. The van der Waals surface area contributed by atoms with E-state index >= 15 is 0 Å². The Hall–Kier alpha value is -1.99. The molecule has 20 heavy (non-hydrogen) atoms. The molecule has 1 amide bonds. The maximum absolute atomic E-state index is 12.1. The van der Waals surface area contributed by atoms with Gasteiger partial charge in [0.1, 0.15) is 10.8 Å². The Balaban J connectivity index is 2.01. The fourth-order valence-electron chi connectivity index (χ4n) is 1.59. The van der Waals surface area contributed by atoms with E-state index in [2.05, 4.69) is 15.5 Å². The fourth-order valence-corrected chi connectivity index (χ4v) is 2.37. The molecule has 2 aromatic rings. The van der Waals surface area contributed by atoms with Gasteiger partial charge in [-0.25, -0.2) is 0 Å². The molecule has 0 fully saturated rings. The third-order valence-electron chi connectivity index (χ3n) is 2.61. The number of nitrogens with two attached hydrogens (primary N) is 1. The summed E-state index contributed by atoms with van der Waals surface area (Å²) in [5, 5.41) is 12.0. The Bertz CT molecular complexity index is 585. The highest BCUT2D eigenvalue weighted by atomic mass is 32.1. The van der Waals surface area contributed by atoms with Crippen LogP contribution in [0.15, 0.2) is 24.3 Å². The molecule has 0 aliphatic heterocycles. The van der Waals surface area contributed by atoms with Crippen LogP contribution in [0.2, 0.25) is 0 Å². The van der Waals surface area contributed by atoms with E-state index in [1.165, 1.54) is 11.3 Å². The van der Waals surface area contributed by atoms with Crippen LogP contribution in [0.25, 0.3) is 0 Å². The predicted octanol–water partition coefficient (Wildman–Crippen LogP) is 1.69. The molecule has 106 valence electrons. The molecule has 0 saturated heterocycles. The van der Waals surface area contributed by atoms with Crippen LogP contribution in [-0.4, -0.2) is 29.8 Å². The molecule has 1 aromatic heterocycles. The van der Waals surface area contributed by atoms with Crippen molar-refractivity contribution >= 4 is 22.4 Å². The van der Waals surface area contributed by atoms with Crippen molar-refractivity contribution < 1.29 is 9.53 Å². The first-order valence-electron chi connectivity index (χ1n) is 6.21. The monoisotopic (exact) mass is 292 g/mol. The van der Waals surface area contributed by atoms with Crippen LogP contribution in [0.1, 0.15) is 21.8 Å². The lowest BCUT2D eigenvalue weighted by Gasteiger charge is -2.03. The number of hydrogen-bond donors (Lipinski definition) is 2. The molecule has 6 nitrogen and oxygen atoms in total. The predicted molar refractivity (Wildman–Crippen MR) is 78.2 cm³/mol. The van der Waals surface area contributed by atoms with Gasteiger partial charge < -0.3 is 10.5 Å². The average molecular weight is 292 g/mol. The fraction of sp³-hybridized carbons (Fsp3) is 0.308. The molecule has 0 unspecified atom stereocenters. The summed E-state index contributed by atoms with van der Waals surface area (Å²) in [6.45, 7) is 0.616. The number of nitrogens with zero attached hydrogens (tertiary/aromatic N) is 2. The van der Waals surface area contributed by atoms with Crippen LogP contribution in [-0.2, 0) is 6.42 Å². The molecule has 2 rings (SSSR count). The maximum Gasteiger partial charge on any atom is 0.257 e. The molecule has 3 N–H and O–H groups in total. The minimum atomic E-state index is -0.231. The standard InChI is InChI=1S/C13H16N4O2S/c1-19-10-5-2-4-9(8-10)12(18)15-13-17-16-11(20-13)6-3-7-14/h2,4-5,8H,3,6-7,14H2,1H3,(H,15,17,18). The van der Waals surface area contributed by atoms with E-state index in [0.717, 1.165) is 17.8 Å². The number of amides is 1. The smallest absolute Gasteiger partial charge is 0.257 e. The third kappa shape index (κ3) is 3.75.